The number of carbonyl (C=O) groups is 2. The molecule has 2 heterocycles. The Kier molecular flexibility index (Phi) is 5.08. The molecule has 1 aliphatic heterocycles. The molecule has 2 aromatic rings. The van der Waals surface area contributed by atoms with Gasteiger partial charge in [0.05, 0.1) is 6.54 Å². The molecule has 1 aromatic carbocycles. The molecule has 0 saturated carbocycles. The number of benzene rings is 1. The highest BCUT2D eigenvalue weighted by atomic mass is 16.2. The summed E-state index contributed by atoms with van der Waals surface area (Å²) < 4.78 is 2.01. The van der Waals surface area contributed by atoms with Crippen molar-refractivity contribution in [3.05, 3.63) is 36.0 Å². The largest absolute Gasteiger partial charge is 0.354 e. The van der Waals surface area contributed by atoms with Crippen molar-refractivity contribution in [2.45, 2.75) is 52.6 Å². The van der Waals surface area contributed by atoms with E-state index in [1.807, 2.05) is 48.7 Å². The van der Waals surface area contributed by atoms with Gasteiger partial charge in [0.15, 0.2) is 0 Å². The van der Waals surface area contributed by atoms with Crippen molar-refractivity contribution < 1.29 is 9.59 Å². The van der Waals surface area contributed by atoms with Crippen LogP contribution in [0.4, 0.5) is 0 Å². The predicted octanol–water partition coefficient (Wildman–Crippen LogP) is 3.43. The highest BCUT2D eigenvalue weighted by Gasteiger charge is 2.47. The van der Waals surface area contributed by atoms with Crippen LogP contribution in [-0.2, 0) is 11.3 Å². The third-order valence-electron chi connectivity index (χ3n) is 5.28. The fraction of sp³-hybridized carbons (Fsp3) is 0.524. The minimum Gasteiger partial charge on any atom is -0.354 e. The average Bonchev–Trinajstić information content (AvgIpc) is 2.97. The molecule has 140 valence electrons. The van der Waals surface area contributed by atoms with Gasteiger partial charge in [0.25, 0.3) is 5.91 Å². The molecule has 1 aromatic heterocycles. The minimum atomic E-state index is -0.876. The van der Waals surface area contributed by atoms with Crippen molar-refractivity contribution in [2.75, 3.05) is 13.1 Å². The number of nitrogens with one attached hydrogen (secondary N) is 1. The number of hydrogen-bond donors (Lipinski definition) is 1. The topological polar surface area (TPSA) is 54.3 Å². The van der Waals surface area contributed by atoms with Crippen LogP contribution in [0.25, 0.3) is 10.9 Å². The highest BCUT2D eigenvalue weighted by molar-refractivity contribution is 6.03. The summed E-state index contributed by atoms with van der Waals surface area (Å²) in [5.41, 5.74) is 0.805. The first-order valence-corrected chi connectivity index (χ1v) is 9.57. The standard InChI is InChI=1S/C21H29N3O2/c1-5-12-24-19(25)18-13-16-8-6-7-9-17(16)23(18)14-21(24,4)20(26)22-11-10-15(2)3/h6-9,13,15H,5,10-12,14H2,1-4H3,(H,22,26)/t21-/m1/s1. The summed E-state index contributed by atoms with van der Waals surface area (Å²) >= 11 is 0. The van der Waals surface area contributed by atoms with Gasteiger partial charge in [-0.2, -0.15) is 0 Å². The van der Waals surface area contributed by atoms with E-state index >= 15 is 0 Å². The van der Waals surface area contributed by atoms with E-state index in [2.05, 4.69) is 19.2 Å². The second-order valence-corrected chi connectivity index (χ2v) is 7.84. The molecule has 0 spiro atoms. The number of rotatable bonds is 6. The normalized spacial score (nSPS) is 19.9. The maximum Gasteiger partial charge on any atom is 0.271 e. The van der Waals surface area contributed by atoms with Crippen LogP contribution in [0.5, 0.6) is 0 Å². The lowest BCUT2D eigenvalue weighted by atomic mass is 9.94. The van der Waals surface area contributed by atoms with Gasteiger partial charge in [-0.15, -0.1) is 0 Å². The Morgan fingerprint density at radius 3 is 2.73 bits per heavy atom. The van der Waals surface area contributed by atoms with E-state index in [1.54, 1.807) is 4.90 Å². The molecule has 0 aliphatic carbocycles. The second-order valence-electron chi connectivity index (χ2n) is 7.84. The van der Waals surface area contributed by atoms with Crippen LogP contribution in [0.1, 0.15) is 51.0 Å². The molecule has 0 fully saturated rings. The van der Waals surface area contributed by atoms with Gasteiger partial charge in [0.2, 0.25) is 5.91 Å². The van der Waals surface area contributed by atoms with E-state index in [9.17, 15) is 9.59 Å². The molecule has 3 rings (SSSR count). The smallest absolute Gasteiger partial charge is 0.271 e. The Labute approximate surface area is 155 Å². The molecule has 0 unspecified atom stereocenters. The van der Waals surface area contributed by atoms with E-state index in [1.165, 1.54) is 0 Å². The number of nitrogens with zero attached hydrogens (tertiary/aromatic N) is 2. The van der Waals surface area contributed by atoms with Crippen LogP contribution in [0.3, 0.4) is 0 Å². The Balaban J connectivity index is 1.98. The van der Waals surface area contributed by atoms with Crippen LogP contribution in [-0.4, -0.2) is 39.9 Å². The summed E-state index contributed by atoms with van der Waals surface area (Å²) in [5.74, 6) is 0.405. The predicted molar refractivity (Wildman–Crippen MR) is 104 cm³/mol. The molecular formula is C21H29N3O2. The van der Waals surface area contributed by atoms with Crippen molar-refractivity contribution in [3.8, 4) is 0 Å². The molecule has 5 heteroatoms. The van der Waals surface area contributed by atoms with Crippen molar-refractivity contribution >= 4 is 22.7 Å². The molecule has 0 bridgehead atoms. The fourth-order valence-corrected chi connectivity index (χ4v) is 3.74. The van der Waals surface area contributed by atoms with Gasteiger partial charge in [0, 0.05) is 24.0 Å². The molecule has 0 saturated heterocycles. The maximum atomic E-state index is 13.2. The Morgan fingerprint density at radius 2 is 2.04 bits per heavy atom. The minimum absolute atomic E-state index is 0.0594. The van der Waals surface area contributed by atoms with Gasteiger partial charge in [-0.3, -0.25) is 9.59 Å². The summed E-state index contributed by atoms with van der Waals surface area (Å²) in [6.45, 7) is 9.90. The van der Waals surface area contributed by atoms with E-state index in [0.29, 0.717) is 31.2 Å². The Morgan fingerprint density at radius 1 is 1.31 bits per heavy atom. The van der Waals surface area contributed by atoms with Gasteiger partial charge in [-0.1, -0.05) is 39.0 Å². The van der Waals surface area contributed by atoms with Crippen LogP contribution in [0, 0.1) is 5.92 Å². The number of fused-ring (bicyclic) bond motifs is 3. The summed E-state index contributed by atoms with van der Waals surface area (Å²) in [4.78, 5) is 28.0. The second kappa shape index (κ2) is 7.14. The van der Waals surface area contributed by atoms with Crippen molar-refractivity contribution in [2.24, 2.45) is 5.92 Å². The zero-order valence-electron chi connectivity index (χ0n) is 16.2. The number of carbonyl (C=O) groups excluding carboxylic acids is 2. The summed E-state index contributed by atoms with van der Waals surface area (Å²) in [6.07, 6.45) is 1.75. The Hall–Kier alpha value is -2.30. The monoisotopic (exact) mass is 355 g/mol. The lowest BCUT2D eigenvalue weighted by molar-refractivity contribution is -0.132. The van der Waals surface area contributed by atoms with Gasteiger partial charge >= 0.3 is 0 Å². The summed E-state index contributed by atoms with van der Waals surface area (Å²) in [6, 6.07) is 9.91. The number of amides is 2. The SMILES string of the molecule is CCCN1C(=O)c2cc3ccccc3n2C[C@]1(C)C(=O)NCCC(C)C. The number of hydrogen-bond acceptors (Lipinski definition) is 2. The lowest BCUT2D eigenvalue weighted by Crippen LogP contribution is -2.64. The molecule has 5 nitrogen and oxygen atoms in total. The van der Waals surface area contributed by atoms with Gasteiger partial charge in [-0.25, -0.2) is 0 Å². The molecular weight excluding hydrogens is 326 g/mol. The van der Waals surface area contributed by atoms with E-state index in [0.717, 1.165) is 23.7 Å². The van der Waals surface area contributed by atoms with E-state index in [-0.39, 0.29) is 11.8 Å². The molecule has 1 atom stereocenters. The third-order valence-corrected chi connectivity index (χ3v) is 5.28. The van der Waals surface area contributed by atoms with Crippen LogP contribution in [0.2, 0.25) is 0 Å². The molecule has 26 heavy (non-hydrogen) atoms. The Bertz CT molecular complexity index is 824. The van der Waals surface area contributed by atoms with Gasteiger partial charge in [-0.05, 0) is 37.8 Å². The molecule has 2 amide bonds. The highest BCUT2D eigenvalue weighted by Crippen LogP contribution is 2.32. The van der Waals surface area contributed by atoms with Crippen molar-refractivity contribution in [1.82, 2.24) is 14.8 Å². The van der Waals surface area contributed by atoms with Crippen molar-refractivity contribution in [3.63, 3.8) is 0 Å². The summed E-state index contributed by atoms with van der Waals surface area (Å²) in [5, 5.41) is 4.10. The quantitative estimate of drug-likeness (QED) is 0.863. The van der Waals surface area contributed by atoms with Crippen molar-refractivity contribution in [1.29, 1.82) is 0 Å². The summed E-state index contributed by atoms with van der Waals surface area (Å²) in [7, 11) is 0. The zero-order valence-corrected chi connectivity index (χ0v) is 16.2. The van der Waals surface area contributed by atoms with E-state index in [4.69, 9.17) is 0 Å². The average molecular weight is 355 g/mol. The number of aromatic nitrogens is 1. The first-order valence-electron chi connectivity index (χ1n) is 9.57. The maximum absolute atomic E-state index is 13.2. The van der Waals surface area contributed by atoms with Gasteiger partial charge < -0.3 is 14.8 Å². The fourth-order valence-electron chi connectivity index (χ4n) is 3.74. The molecule has 0 radical (unpaired) electrons. The van der Waals surface area contributed by atoms with Crippen LogP contribution in [0.15, 0.2) is 30.3 Å². The third kappa shape index (κ3) is 3.11. The molecule has 1 N–H and O–H groups in total. The number of para-hydroxylation sites is 1. The first-order chi connectivity index (χ1) is 12.4. The van der Waals surface area contributed by atoms with Gasteiger partial charge in [0.1, 0.15) is 11.2 Å². The van der Waals surface area contributed by atoms with Crippen LogP contribution >= 0.6 is 0 Å². The lowest BCUT2D eigenvalue weighted by Gasteiger charge is -2.44. The van der Waals surface area contributed by atoms with E-state index < -0.39 is 5.54 Å². The zero-order chi connectivity index (χ0) is 18.9. The molecule has 1 aliphatic rings. The first kappa shape index (κ1) is 18.5. The van der Waals surface area contributed by atoms with Crippen LogP contribution < -0.4 is 5.32 Å².